The molecule has 0 saturated carbocycles. The second kappa shape index (κ2) is 11.8. The molecule has 0 radical (unpaired) electrons. The van der Waals surface area contributed by atoms with Gasteiger partial charge in [-0.15, -0.1) is 0 Å². The zero-order chi connectivity index (χ0) is 20.4. The Hall–Kier alpha value is 0.100. The van der Waals surface area contributed by atoms with Crippen LogP contribution in [0.15, 0.2) is 0 Å². The summed E-state index contributed by atoms with van der Waals surface area (Å²) in [7, 11) is 0.390. The molecule has 2 atom stereocenters. The van der Waals surface area contributed by atoms with Crippen LogP contribution >= 0.6 is 8.46 Å². The Morgan fingerprint density at radius 2 is 1.12 bits per heavy atom. The van der Waals surface area contributed by atoms with E-state index >= 15 is 0 Å². The van der Waals surface area contributed by atoms with Gasteiger partial charge in [-0.3, -0.25) is 4.57 Å². The first kappa shape index (κ1) is 26.1. The van der Waals surface area contributed by atoms with Crippen molar-refractivity contribution in [3.8, 4) is 0 Å². The second-order valence-electron chi connectivity index (χ2n) is 11.6. The molecule has 0 aliphatic rings. The van der Waals surface area contributed by atoms with Crippen molar-refractivity contribution in [1.29, 1.82) is 0 Å². The van der Waals surface area contributed by atoms with Crippen LogP contribution in [0.5, 0.6) is 0 Å². The molecule has 0 aliphatic heterocycles. The van der Waals surface area contributed by atoms with Gasteiger partial charge in [0.25, 0.3) is 0 Å². The van der Waals surface area contributed by atoms with Gasteiger partial charge >= 0.3 is 0 Å². The van der Waals surface area contributed by atoms with Gasteiger partial charge in [0.2, 0.25) is 0 Å². The Morgan fingerprint density at radius 1 is 0.692 bits per heavy atom. The molecule has 0 aromatic heterocycles. The number of rotatable bonds is 13. The minimum Gasteiger partial charge on any atom is -0.274 e. The third-order valence-corrected chi connectivity index (χ3v) is 6.29. The highest BCUT2D eigenvalue weighted by atomic mass is 31.1. The summed E-state index contributed by atoms with van der Waals surface area (Å²) in [6.07, 6.45) is 12.3. The summed E-state index contributed by atoms with van der Waals surface area (Å²) in [5.41, 5.74) is 0.701. The largest absolute Gasteiger partial charge is 0.274 e. The summed E-state index contributed by atoms with van der Waals surface area (Å²) in [6, 6.07) is 0. The van der Waals surface area contributed by atoms with E-state index in [4.69, 9.17) is 0 Å². The lowest BCUT2D eigenvalue weighted by molar-refractivity contribution is 0.230. The van der Waals surface area contributed by atoms with Gasteiger partial charge in [-0.05, 0) is 54.8 Å². The number of unbranched alkanes of at least 4 members (excludes halogenated alkanes) is 4. The lowest BCUT2D eigenvalue weighted by Crippen LogP contribution is -2.30. The minimum atomic E-state index is -0.0124. The topological polar surface area (TPSA) is 17.1 Å². The van der Waals surface area contributed by atoms with Gasteiger partial charge in [0.1, 0.15) is 0 Å². The zero-order valence-corrected chi connectivity index (χ0v) is 20.5. The molecule has 26 heavy (non-hydrogen) atoms. The Labute approximate surface area is 167 Å². The van der Waals surface area contributed by atoms with Crippen LogP contribution in [-0.4, -0.2) is 5.16 Å². The number of hydrogen-bond acceptors (Lipinski definition) is 1. The van der Waals surface area contributed by atoms with Crippen LogP contribution in [0, 0.1) is 22.7 Å². The third kappa shape index (κ3) is 13.3. The summed E-state index contributed by atoms with van der Waals surface area (Å²) >= 11 is 0. The molecule has 0 saturated heterocycles. The monoisotopic (exact) mass is 384 g/mol. The average molecular weight is 385 g/mol. The second-order valence-corrected chi connectivity index (χ2v) is 12.8. The highest BCUT2D eigenvalue weighted by molar-refractivity contribution is 7.26. The molecule has 0 aliphatic carbocycles. The van der Waals surface area contributed by atoms with Crippen LogP contribution in [0.2, 0.25) is 0 Å². The van der Waals surface area contributed by atoms with Crippen molar-refractivity contribution in [2.24, 2.45) is 22.7 Å². The van der Waals surface area contributed by atoms with Gasteiger partial charge < -0.3 is 0 Å². The lowest BCUT2D eigenvalue weighted by Gasteiger charge is -2.36. The highest BCUT2D eigenvalue weighted by Crippen LogP contribution is 2.45. The van der Waals surface area contributed by atoms with E-state index in [9.17, 15) is 4.57 Å². The predicted octanol–water partition coefficient (Wildman–Crippen LogP) is 9.30. The molecule has 2 unspecified atom stereocenters. The fourth-order valence-electron chi connectivity index (χ4n) is 5.00. The minimum absolute atomic E-state index is 0.0124. The fraction of sp³-hybridized carbons (Fsp3) is 1.00. The Bertz CT molecular complexity index is 351. The standard InChI is InChI=1S/C24H49OP/c1-10-11-12-13-14-15-24(26-25,18-20(2)16-22(4,5)6)19-21(3)17-23(7,8)9/h20-21H,10-19H2,1-9H3. The van der Waals surface area contributed by atoms with E-state index in [-0.39, 0.29) is 5.16 Å². The van der Waals surface area contributed by atoms with Gasteiger partial charge in [0.15, 0.2) is 8.46 Å². The zero-order valence-electron chi connectivity index (χ0n) is 19.6. The molecule has 0 bridgehead atoms. The summed E-state index contributed by atoms with van der Waals surface area (Å²) in [4.78, 5) is 0. The van der Waals surface area contributed by atoms with Crippen LogP contribution in [0.25, 0.3) is 0 Å². The van der Waals surface area contributed by atoms with Crippen molar-refractivity contribution in [3.05, 3.63) is 0 Å². The van der Waals surface area contributed by atoms with Crippen LogP contribution in [0.3, 0.4) is 0 Å². The van der Waals surface area contributed by atoms with Gasteiger partial charge in [-0.1, -0.05) is 94.4 Å². The first-order valence-electron chi connectivity index (χ1n) is 11.2. The molecule has 0 N–H and O–H groups in total. The van der Waals surface area contributed by atoms with Crippen molar-refractivity contribution in [3.63, 3.8) is 0 Å². The molecule has 1 nitrogen and oxygen atoms in total. The molecule has 0 aromatic carbocycles. The molecule has 0 spiro atoms. The van der Waals surface area contributed by atoms with Crippen LogP contribution in [-0.2, 0) is 4.57 Å². The third-order valence-electron chi connectivity index (χ3n) is 5.32. The summed E-state index contributed by atoms with van der Waals surface area (Å²) < 4.78 is 12.4. The van der Waals surface area contributed by atoms with E-state index in [0.717, 1.165) is 19.3 Å². The van der Waals surface area contributed by atoms with Crippen LogP contribution in [0.1, 0.15) is 127 Å². The molecule has 0 heterocycles. The van der Waals surface area contributed by atoms with Crippen LogP contribution in [0.4, 0.5) is 0 Å². The summed E-state index contributed by atoms with van der Waals surface area (Å²) in [6.45, 7) is 21.0. The van der Waals surface area contributed by atoms with Crippen molar-refractivity contribution in [2.45, 2.75) is 132 Å². The summed E-state index contributed by atoms with van der Waals surface area (Å²) in [5.74, 6) is 1.27. The SMILES string of the molecule is CCCCCCCC(CC(C)CC(C)(C)C)(CC(C)CC(C)(C)C)P=O. The van der Waals surface area contributed by atoms with Gasteiger partial charge in [0, 0.05) is 0 Å². The van der Waals surface area contributed by atoms with Crippen molar-refractivity contribution in [1.82, 2.24) is 0 Å². The predicted molar refractivity (Wildman–Crippen MR) is 119 cm³/mol. The molecule has 2 heteroatoms. The van der Waals surface area contributed by atoms with E-state index < -0.39 is 0 Å². The average Bonchev–Trinajstić information content (AvgIpc) is 2.42. The van der Waals surface area contributed by atoms with E-state index in [2.05, 4.69) is 62.3 Å². The Morgan fingerprint density at radius 3 is 1.46 bits per heavy atom. The van der Waals surface area contributed by atoms with Gasteiger partial charge in [0.05, 0.1) is 5.16 Å². The van der Waals surface area contributed by atoms with E-state index in [1.54, 1.807) is 0 Å². The molecular formula is C24H49OP. The first-order valence-corrected chi connectivity index (χ1v) is 12.0. The van der Waals surface area contributed by atoms with Crippen LogP contribution < -0.4 is 0 Å². The van der Waals surface area contributed by atoms with Crippen molar-refractivity contribution in [2.75, 3.05) is 0 Å². The van der Waals surface area contributed by atoms with Crippen molar-refractivity contribution < 1.29 is 4.57 Å². The van der Waals surface area contributed by atoms with Crippen molar-refractivity contribution >= 4 is 8.46 Å². The lowest BCUT2D eigenvalue weighted by atomic mass is 9.75. The fourth-order valence-corrected chi connectivity index (χ4v) is 6.02. The molecule has 156 valence electrons. The Balaban J connectivity index is 5.03. The number of hydrogen-bond donors (Lipinski definition) is 0. The maximum absolute atomic E-state index is 12.4. The Kier molecular flexibility index (Phi) is 11.9. The summed E-state index contributed by atoms with van der Waals surface area (Å²) in [5, 5.41) is -0.0124. The normalized spacial score (nSPS) is 17.9. The highest BCUT2D eigenvalue weighted by Gasteiger charge is 2.35. The van der Waals surface area contributed by atoms with E-state index in [1.165, 1.54) is 44.9 Å². The maximum Gasteiger partial charge on any atom is 0.162 e. The quantitative estimate of drug-likeness (QED) is 0.228. The molecule has 0 rings (SSSR count). The van der Waals surface area contributed by atoms with Gasteiger partial charge in [-0.2, -0.15) is 0 Å². The smallest absolute Gasteiger partial charge is 0.162 e. The maximum atomic E-state index is 12.4. The molecule has 0 aromatic rings. The van der Waals surface area contributed by atoms with Gasteiger partial charge in [-0.25, -0.2) is 0 Å². The first-order chi connectivity index (χ1) is 11.8. The van der Waals surface area contributed by atoms with E-state index in [0.29, 0.717) is 31.1 Å². The molecule has 0 fully saturated rings. The molecule has 0 amide bonds. The van der Waals surface area contributed by atoms with E-state index in [1.807, 2.05) is 0 Å². The molecular weight excluding hydrogens is 335 g/mol.